The molecule has 2 N–H and O–H groups in total. The van der Waals surface area contributed by atoms with Crippen LogP contribution in [0.25, 0.3) is 0 Å². The number of rotatable bonds is 7. The molecule has 0 heterocycles. The van der Waals surface area contributed by atoms with Crippen molar-refractivity contribution < 1.29 is 103 Å². The molecule has 0 saturated carbocycles. The van der Waals surface area contributed by atoms with Crippen LogP contribution in [-0.2, 0) is 25.3 Å². The Balaban J connectivity index is -0.000000845. The topological polar surface area (TPSA) is 24.1 Å². The molecule has 0 rings (SSSR count). The molecule has 0 amide bonds. The summed E-state index contributed by atoms with van der Waals surface area (Å²) in [5.41, 5.74) is 0. The van der Waals surface area contributed by atoms with Gasteiger partial charge in [-0.1, -0.05) is 21.5 Å². The van der Waals surface area contributed by atoms with Crippen LogP contribution in [-0.4, -0.2) is 21.7 Å². The van der Waals surface area contributed by atoms with E-state index in [1.165, 1.54) is 12.8 Å². The second-order valence-electron chi connectivity index (χ2n) is 2.84. The molecular formula is C8H14K2N2S4. The maximum atomic E-state index is 4.71. The Morgan fingerprint density at radius 3 is 1.31 bits per heavy atom. The molecule has 8 heteroatoms. The van der Waals surface area contributed by atoms with E-state index in [0.29, 0.717) is 8.64 Å². The van der Waals surface area contributed by atoms with Crippen molar-refractivity contribution in [2.24, 2.45) is 0 Å². The van der Waals surface area contributed by atoms with Gasteiger partial charge in [-0.25, -0.2) is 0 Å². The predicted molar refractivity (Wildman–Crippen MR) is 74.4 cm³/mol. The van der Waals surface area contributed by atoms with E-state index in [2.05, 4.69) is 10.6 Å². The van der Waals surface area contributed by atoms with Crippen LogP contribution in [0.5, 0.6) is 0 Å². The molecule has 0 aliphatic heterocycles. The van der Waals surface area contributed by atoms with E-state index in [9.17, 15) is 0 Å². The van der Waals surface area contributed by atoms with Gasteiger partial charge in [0.1, 0.15) is 0 Å². The van der Waals surface area contributed by atoms with Crippen molar-refractivity contribution in [2.45, 2.75) is 25.7 Å². The molecule has 0 fully saturated rings. The first-order chi connectivity index (χ1) is 6.63. The van der Waals surface area contributed by atoms with Crippen LogP contribution in [0.4, 0.5) is 0 Å². The van der Waals surface area contributed by atoms with Gasteiger partial charge in [-0.2, -0.15) is 0 Å². The summed E-state index contributed by atoms with van der Waals surface area (Å²) in [5, 5.41) is 5.90. The minimum Gasteiger partial charge on any atom is -0.412 e. The average Bonchev–Trinajstić information content (AvgIpc) is 2.08. The maximum absolute atomic E-state index is 4.71. The van der Waals surface area contributed by atoms with Gasteiger partial charge in [0.25, 0.3) is 0 Å². The molecule has 0 atom stereocenters. The fourth-order valence-corrected chi connectivity index (χ4v) is 1.39. The first-order valence-electron chi connectivity index (χ1n) is 4.52. The van der Waals surface area contributed by atoms with E-state index >= 15 is 0 Å². The Bertz CT molecular complexity index is 173. The number of hydrogen-bond donors (Lipinski definition) is 2. The van der Waals surface area contributed by atoms with Gasteiger partial charge in [-0.15, -0.1) is 0 Å². The summed E-state index contributed by atoms with van der Waals surface area (Å²) < 4.78 is 0.922. The molecular weight excluding hydrogens is 331 g/mol. The average molecular weight is 345 g/mol. The smallest absolute Gasteiger partial charge is 0.412 e. The molecule has 0 bridgehead atoms. The second-order valence-corrected chi connectivity index (χ2v) is 4.99. The van der Waals surface area contributed by atoms with Crippen molar-refractivity contribution >= 4 is 58.3 Å². The molecule has 0 radical (unpaired) electrons. The van der Waals surface area contributed by atoms with E-state index in [1.54, 1.807) is 0 Å². The zero-order valence-corrected chi connectivity index (χ0v) is 19.4. The number of thiocarbonyl (C=S) groups is 2. The molecule has 0 spiro atoms. The van der Waals surface area contributed by atoms with Gasteiger partial charge >= 0.3 is 103 Å². The van der Waals surface area contributed by atoms with Crippen LogP contribution in [0.3, 0.4) is 0 Å². The summed E-state index contributed by atoms with van der Waals surface area (Å²) in [6.07, 6.45) is 4.57. The predicted octanol–water partition coefficient (Wildman–Crippen LogP) is -4.60. The molecule has 82 valence electrons. The third kappa shape index (κ3) is 22.7. The SMILES string of the molecule is S=C([S-])NCCCCCCNC(=S)[S-].[K+].[K+]. The monoisotopic (exact) mass is 344 g/mol. The third-order valence-corrected chi connectivity index (χ3v) is 2.22. The Kier molecular flexibility index (Phi) is 28.3. The van der Waals surface area contributed by atoms with Gasteiger partial charge in [0, 0.05) is 13.1 Å². The van der Waals surface area contributed by atoms with Crippen LogP contribution in [0.15, 0.2) is 0 Å². The van der Waals surface area contributed by atoms with Crippen LogP contribution < -0.4 is 113 Å². The number of unbranched alkanes of at least 4 members (excludes halogenated alkanes) is 3. The molecule has 0 aromatic rings. The van der Waals surface area contributed by atoms with Gasteiger partial charge < -0.3 is 60.3 Å². The number of nitrogens with one attached hydrogen (secondary N) is 2. The largest absolute Gasteiger partial charge is 1.00 e. The molecule has 0 aliphatic carbocycles. The second kappa shape index (κ2) is 18.5. The molecule has 0 aliphatic rings. The summed E-state index contributed by atoms with van der Waals surface area (Å²) in [6, 6.07) is 0. The Morgan fingerprint density at radius 1 is 0.750 bits per heavy atom. The summed E-state index contributed by atoms with van der Waals surface area (Å²) in [7, 11) is 0. The fraction of sp³-hybridized carbons (Fsp3) is 0.750. The third-order valence-electron chi connectivity index (χ3n) is 1.64. The van der Waals surface area contributed by atoms with Crippen molar-refractivity contribution in [1.82, 2.24) is 10.6 Å². The Morgan fingerprint density at radius 2 is 1.06 bits per heavy atom. The standard InChI is InChI=1S/C8H16N2S4.2K/c11-7(12)9-5-3-1-2-4-6-10-8(13)14;;/h1-6H2,(H2,9,11,12)(H2,10,13,14);;/q;2*+1/p-2. The molecule has 0 aromatic heterocycles. The summed E-state index contributed by atoms with van der Waals surface area (Å²) in [4.78, 5) is 0. The first kappa shape index (κ1) is 24.5. The molecule has 0 unspecified atom stereocenters. The normalized spacial score (nSPS) is 8.25. The van der Waals surface area contributed by atoms with Crippen molar-refractivity contribution in [2.75, 3.05) is 13.1 Å². The zero-order chi connectivity index (χ0) is 10.8. The molecule has 16 heavy (non-hydrogen) atoms. The maximum Gasteiger partial charge on any atom is 1.00 e. The minimum absolute atomic E-state index is 0. The van der Waals surface area contributed by atoms with Crippen molar-refractivity contribution in [3.05, 3.63) is 0 Å². The van der Waals surface area contributed by atoms with Gasteiger partial charge in [0.2, 0.25) is 0 Å². The molecule has 0 saturated heterocycles. The van der Waals surface area contributed by atoms with Crippen LogP contribution >= 0.6 is 24.4 Å². The van der Waals surface area contributed by atoms with Crippen molar-refractivity contribution in [3.8, 4) is 0 Å². The van der Waals surface area contributed by atoms with Gasteiger partial charge in [-0.05, 0) is 12.8 Å². The summed E-state index contributed by atoms with van der Waals surface area (Å²) in [5.74, 6) is 0. The first-order valence-corrected chi connectivity index (χ1v) is 6.16. The van der Waals surface area contributed by atoms with Crippen molar-refractivity contribution in [1.29, 1.82) is 0 Å². The van der Waals surface area contributed by atoms with Gasteiger partial charge in [0.15, 0.2) is 0 Å². The summed E-state index contributed by atoms with van der Waals surface area (Å²) >= 11 is 18.8. The van der Waals surface area contributed by atoms with E-state index in [4.69, 9.17) is 49.7 Å². The van der Waals surface area contributed by atoms with E-state index in [0.717, 1.165) is 25.9 Å². The van der Waals surface area contributed by atoms with Crippen LogP contribution in [0.2, 0.25) is 0 Å². The van der Waals surface area contributed by atoms with Crippen molar-refractivity contribution in [3.63, 3.8) is 0 Å². The zero-order valence-electron chi connectivity index (χ0n) is 9.88. The number of hydrogen-bond acceptors (Lipinski definition) is 4. The van der Waals surface area contributed by atoms with Gasteiger partial charge in [-0.3, -0.25) is 0 Å². The summed E-state index contributed by atoms with van der Waals surface area (Å²) in [6.45, 7) is 1.77. The Labute approximate surface area is 205 Å². The molecule has 2 nitrogen and oxygen atoms in total. The van der Waals surface area contributed by atoms with Gasteiger partial charge in [0.05, 0.1) is 0 Å². The van der Waals surface area contributed by atoms with Crippen LogP contribution in [0.1, 0.15) is 25.7 Å². The Hall–Kier alpha value is 3.49. The van der Waals surface area contributed by atoms with E-state index in [-0.39, 0.29) is 103 Å². The van der Waals surface area contributed by atoms with E-state index in [1.807, 2.05) is 0 Å². The fourth-order valence-electron chi connectivity index (χ4n) is 0.984. The minimum atomic E-state index is 0. The molecule has 0 aromatic carbocycles. The van der Waals surface area contributed by atoms with Crippen LogP contribution in [0, 0.1) is 0 Å². The quantitative estimate of drug-likeness (QED) is 0.209. The van der Waals surface area contributed by atoms with E-state index < -0.39 is 0 Å².